The smallest absolute Gasteiger partial charge is 0.218 e. The summed E-state index contributed by atoms with van der Waals surface area (Å²) in [6.45, 7) is 11.4. The third kappa shape index (κ3) is 11.4. The number of benzene rings is 2. The standard InChI is InChI=1S/C37H53ClN4O5S/c1-6-8-10-12-14-16-22-44-30-19-21-33(45-23-17-15-13-11-9-7-2)34(25-30)47-48(43)26-28(4)36-39-37-35(29(5)40-42(37)41-36)46-32-20-18-27(3)24-31(32)38/h18-21,24-25,28,40H,6-17,22-23,26H2,1-5H3. The molecule has 2 aromatic carbocycles. The zero-order valence-electron chi connectivity index (χ0n) is 29.3. The SMILES string of the molecule is CCCCCCCCOc1ccc(OCCCCCCCC)c(OS(=O)CC(C)c2nc3c(Oc4ccc(C)cc4Cl)c(C)[nH]n3n2)c1. The third-order valence-electron chi connectivity index (χ3n) is 8.19. The summed E-state index contributed by atoms with van der Waals surface area (Å²) in [5.74, 6) is 3.17. The lowest BCUT2D eigenvalue weighted by molar-refractivity contribution is 0.289. The number of ether oxygens (including phenoxy) is 3. The van der Waals surface area contributed by atoms with E-state index in [9.17, 15) is 4.21 Å². The van der Waals surface area contributed by atoms with Crippen LogP contribution in [0.3, 0.4) is 0 Å². The summed E-state index contributed by atoms with van der Waals surface area (Å²) in [6.07, 6.45) is 14.2. The predicted molar refractivity (Wildman–Crippen MR) is 195 cm³/mol. The molecular formula is C37H53ClN4O5S. The molecule has 2 atom stereocenters. The minimum Gasteiger partial charge on any atom is -0.493 e. The Kier molecular flexibility index (Phi) is 15.4. The van der Waals surface area contributed by atoms with Crippen LogP contribution in [0.5, 0.6) is 28.7 Å². The fraction of sp³-hybridized carbons (Fsp3) is 0.568. The first-order valence-corrected chi connectivity index (χ1v) is 19.3. The van der Waals surface area contributed by atoms with Gasteiger partial charge in [0.1, 0.15) is 11.5 Å². The molecule has 9 nitrogen and oxygen atoms in total. The summed E-state index contributed by atoms with van der Waals surface area (Å²) in [7, 11) is 0. The quantitative estimate of drug-likeness (QED) is 0.0769. The normalized spacial score (nSPS) is 12.7. The second-order valence-corrected chi connectivity index (χ2v) is 14.1. The maximum Gasteiger partial charge on any atom is 0.218 e. The summed E-state index contributed by atoms with van der Waals surface area (Å²) in [5.41, 5.74) is 2.33. The molecule has 264 valence electrons. The van der Waals surface area contributed by atoms with Crippen molar-refractivity contribution in [2.75, 3.05) is 19.0 Å². The summed E-state index contributed by atoms with van der Waals surface area (Å²) in [6, 6.07) is 11.2. The Morgan fingerprint density at radius 3 is 2.17 bits per heavy atom. The summed E-state index contributed by atoms with van der Waals surface area (Å²) >= 11 is 4.73. The molecule has 0 bridgehead atoms. The van der Waals surface area contributed by atoms with Gasteiger partial charge in [-0.25, -0.2) is 9.19 Å². The van der Waals surface area contributed by atoms with Crippen LogP contribution in [-0.4, -0.2) is 43.0 Å². The first-order chi connectivity index (χ1) is 23.3. The molecule has 0 aliphatic heterocycles. The van der Waals surface area contributed by atoms with Crippen LogP contribution in [0.1, 0.15) is 121 Å². The molecule has 4 rings (SSSR count). The van der Waals surface area contributed by atoms with Gasteiger partial charge < -0.3 is 18.4 Å². The van der Waals surface area contributed by atoms with E-state index in [2.05, 4.69) is 24.0 Å². The highest BCUT2D eigenvalue weighted by atomic mass is 35.5. The van der Waals surface area contributed by atoms with Crippen LogP contribution in [0, 0.1) is 13.8 Å². The van der Waals surface area contributed by atoms with Crippen molar-refractivity contribution in [2.45, 2.75) is 118 Å². The summed E-state index contributed by atoms with van der Waals surface area (Å²) < 4.78 is 39.3. The number of aromatic amines is 1. The van der Waals surface area contributed by atoms with E-state index in [1.807, 2.05) is 51.1 Å². The number of unbranched alkanes of at least 4 members (excludes halogenated alkanes) is 10. The van der Waals surface area contributed by atoms with Crippen molar-refractivity contribution >= 4 is 28.3 Å². The number of fused-ring (bicyclic) bond motifs is 1. The Morgan fingerprint density at radius 2 is 1.48 bits per heavy atom. The van der Waals surface area contributed by atoms with Crippen molar-refractivity contribution in [1.82, 2.24) is 19.8 Å². The van der Waals surface area contributed by atoms with Crippen LogP contribution >= 0.6 is 11.6 Å². The number of aromatic nitrogens is 4. The lowest BCUT2D eigenvalue weighted by Gasteiger charge is -2.15. The lowest BCUT2D eigenvalue weighted by atomic mass is 10.1. The first-order valence-electron chi connectivity index (χ1n) is 17.6. The van der Waals surface area contributed by atoms with Crippen LogP contribution in [0.15, 0.2) is 36.4 Å². The molecule has 2 aromatic heterocycles. The number of nitrogens with zero attached hydrogens (tertiary/aromatic N) is 3. The summed E-state index contributed by atoms with van der Waals surface area (Å²) in [5, 5.41) is 8.29. The predicted octanol–water partition coefficient (Wildman–Crippen LogP) is 10.4. The van der Waals surface area contributed by atoms with E-state index < -0.39 is 11.1 Å². The molecule has 0 fully saturated rings. The van der Waals surface area contributed by atoms with E-state index in [4.69, 9.17) is 35.0 Å². The molecule has 0 spiro atoms. The average molecular weight is 701 g/mol. The van der Waals surface area contributed by atoms with Gasteiger partial charge in [-0.2, -0.15) is 0 Å². The van der Waals surface area contributed by atoms with Crippen molar-refractivity contribution in [2.24, 2.45) is 0 Å². The molecule has 0 saturated heterocycles. The Bertz CT molecular complexity index is 1590. The third-order valence-corrected chi connectivity index (χ3v) is 9.62. The molecule has 0 radical (unpaired) electrons. The molecule has 4 aromatic rings. The molecule has 0 saturated carbocycles. The molecule has 0 aliphatic rings. The van der Waals surface area contributed by atoms with Crippen molar-refractivity contribution in [3.8, 4) is 28.7 Å². The van der Waals surface area contributed by atoms with Gasteiger partial charge in [-0.15, -0.1) is 9.73 Å². The van der Waals surface area contributed by atoms with Crippen LogP contribution in [0.2, 0.25) is 5.02 Å². The van der Waals surface area contributed by atoms with E-state index in [0.29, 0.717) is 58.5 Å². The van der Waals surface area contributed by atoms with Gasteiger partial charge in [0.2, 0.25) is 16.7 Å². The summed E-state index contributed by atoms with van der Waals surface area (Å²) in [4.78, 5) is 4.73. The van der Waals surface area contributed by atoms with Gasteiger partial charge in [0.05, 0.1) is 29.7 Å². The first kappa shape index (κ1) is 37.6. The maximum atomic E-state index is 13.4. The van der Waals surface area contributed by atoms with Crippen molar-refractivity contribution < 1.29 is 22.6 Å². The van der Waals surface area contributed by atoms with Gasteiger partial charge in [-0.05, 0) is 56.5 Å². The minimum absolute atomic E-state index is 0.186. The molecule has 2 heterocycles. The molecule has 48 heavy (non-hydrogen) atoms. The number of aryl methyl sites for hydroxylation is 2. The van der Waals surface area contributed by atoms with Crippen LogP contribution in [0.25, 0.3) is 5.65 Å². The number of halogens is 1. The van der Waals surface area contributed by atoms with E-state index >= 15 is 0 Å². The number of H-pyrrole nitrogens is 1. The van der Waals surface area contributed by atoms with E-state index in [1.54, 1.807) is 10.7 Å². The molecule has 2 unspecified atom stereocenters. The van der Waals surface area contributed by atoms with Crippen LogP contribution < -0.4 is 18.4 Å². The van der Waals surface area contributed by atoms with E-state index in [0.717, 1.165) is 36.9 Å². The van der Waals surface area contributed by atoms with Gasteiger partial charge in [0.25, 0.3) is 0 Å². The zero-order valence-corrected chi connectivity index (χ0v) is 30.9. The second-order valence-electron chi connectivity index (χ2n) is 12.6. The highest BCUT2D eigenvalue weighted by molar-refractivity contribution is 7.80. The topological polar surface area (TPSA) is 100.0 Å². The highest BCUT2D eigenvalue weighted by Gasteiger charge is 2.22. The van der Waals surface area contributed by atoms with Crippen LogP contribution in [-0.2, 0) is 11.1 Å². The molecule has 0 aliphatic carbocycles. The Labute approximate surface area is 293 Å². The average Bonchev–Trinajstić information content (AvgIpc) is 3.59. The van der Waals surface area contributed by atoms with Crippen molar-refractivity contribution in [3.05, 3.63) is 58.5 Å². The zero-order chi connectivity index (χ0) is 34.3. The number of rotatable bonds is 23. The van der Waals surface area contributed by atoms with E-state index in [-0.39, 0.29) is 11.7 Å². The second kappa shape index (κ2) is 19.7. The highest BCUT2D eigenvalue weighted by Crippen LogP contribution is 2.35. The fourth-order valence-corrected chi connectivity index (χ4v) is 6.60. The van der Waals surface area contributed by atoms with Gasteiger partial charge in [0, 0.05) is 12.0 Å². The number of hydrogen-bond acceptors (Lipinski definition) is 7. The van der Waals surface area contributed by atoms with Gasteiger partial charge in [-0.1, -0.05) is 103 Å². The van der Waals surface area contributed by atoms with Gasteiger partial charge in [-0.3, -0.25) is 5.10 Å². The Morgan fingerprint density at radius 1 is 0.833 bits per heavy atom. The molecule has 1 N–H and O–H groups in total. The molecule has 11 heteroatoms. The Hall–Kier alpha value is -3.24. The number of hydrogen-bond donors (Lipinski definition) is 1. The number of nitrogens with one attached hydrogen (secondary N) is 1. The van der Waals surface area contributed by atoms with Gasteiger partial charge in [0.15, 0.2) is 23.1 Å². The monoisotopic (exact) mass is 700 g/mol. The minimum atomic E-state index is -1.68. The lowest BCUT2D eigenvalue weighted by Crippen LogP contribution is -2.13. The largest absolute Gasteiger partial charge is 0.493 e. The van der Waals surface area contributed by atoms with Gasteiger partial charge >= 0.3 is 0 Å². The maximum absolute atomic E-state index is 13.4. The van der Waals surface area contributed by atoms with Crippen LogP contribution in [0.4, 0.5) is 0 Å². The Balaban J connectivity index is 1.39. The molecular weight excluding hydrogens is 648 g/mol. The molecule has 0 amide bonds. The van der Waals surface area contributed by atoms with E-state index in [1.165, 1.54) is 51.4 Å². The van der Waals surface area contributed by atoms with Crippen molar-refractivity contribution in [3.63, 3.8) is 0 Å². The van der Waals surface area contributed by atoms with Crippen molar-refractivity contribution in [1.29, 1.82) is 0 Å². The fourth-order valence-electron chi connectivity index (χ4n) is 5.37.